The molecule has 0 radical (unpaired) electrons. The molecular weight excluding hydrogens is 250 g/mol. The highest BCUT2D eigenvalue weighted by Crippen LogP contribution is 2.19. The van der Waals surface area contributed by atoms with Gasteiger partial charge in [-0.05, 0) is 30.7 Å². The van der Waals surface area contributed by atoms with Gasteiger partial charge in [0, 0.05) is 18.8 Å². The zero-order valence-electron chi connectivity index (χ0n) is 11.0. The Morgan fingerprint density at radius 1 is 1.11 bits per heavy atom. The molecule has 102 valence electrons. The third-order valence-corrected chi connectivity index (χ3v) is 4.55. The van der Waals surface area contributed by atoms with Crippen molar-refractivity contribution in [2.45, 2.75) is 25.2 Å². The fourth-order valence-corrected chi connectivity index (χ4v) is 2.68. The van der Waals surface area contributed by atoms with Gasteiger partial charge >= 0.3 is 0 Å². The van der Waals surface area contributed by atoms with Crippen LogP contribution in [0.25, 0.3) is 0 Å². The number of sulfone groups is 1. The third-order valence-electron chi connectivity index (χ3n) is 2.80. The number of hydrogen-bond acceptors (Lipinski definition) is 4. The Kier molecular flexibility index (Phi) is 5.62. The van der Waals surface area contributed by atoms with Crippen molar-refractivity contribution < 1.29 is 13.5 Å². The van der Waals surface area contributed by atoms with E-state index in [0.29, 0.717) is 11.4 Å². The standard InChI is InChI=1S/C13H21NO3S/c1-3-9-14(10-11-15)12-5-7-13(8-6-12)18(16,17)4-2/h5-8,15H,3-4,9-11H2,1-2H3. The van der Waals surface area contributed by atoms with Gasteiger partial charge in [-0.25, -0.2) is 8.42 Å². The lowest BCUT2D eigenvalue weighted by Crippen LogP contribution is -2.27. The van der Waals surface area contributed by atoms with E-state index >= 15 is 0 Å². The van der Waals surface area contributed by atoms with Gasteiger partial charge in [0.2, 0.25) is 0 Å². The molecule has 0 amide bonds. The van der Waals surface area contributed by atoms with Crippen molar-refractivity contribution in [1.29, 1.82) is 0 Å². The van der Waals surface area contributed by atoms with Gasteiger partial charge in [-0.15, -0.1) is 0 Å². The molecule has 0 heterocycles. The molecule has 0 aliphatic carbocycles. The van der Waals surface area contributed by atoms with Crippen molar-refractivity contribution in [2.75, 3.05) is 30.3 Å². The lowest BCUT2D eigenvalue weighted by Gasteiger charge is -2.23. The predicted molar refractivity (Wildman–Crippen MR) is 73.8 cm³/mol. The molecule has 0 atom stereocenters. The van der Waals surface area contributed by atoms with Gasteiger partial charge in [0.25, 0.3) is 0 Å². The van der Waals surface area contributed by atoms with Crippen LogP contribution in [0.2, 0.25) is 0 Å². The van der Waals surface area contributed by atoms with E-state index in [9.17, 15) is 8.42 Å². The van der Waals surface area contributed by atoms with Crippen molar-refractivity contribution in [1.82, 2.24) is 0 Å². The molecule has 0 aliphatic heterocycles. The molecule has 1 rings (SSSR count). The zero-order valence-corrected chi connectivity index (χ0v) is 11.8. The molecule has 5 heteroatoms. The fourth-order valence-electron chi connectivity index (χ4n) is 1.79. The van der Waals surface area contributed by atoms with Gasteiger partial charge in [-0.3, -0.25) is 0 Å². The summed E-state index contributed by atoms with van der Waals surface area (Å²) in [5, 5.41) is 9.01. The molecular formula is C13H21NO3S. The third kappa shape index (κ3) is 3.71. The number of rotatable bonds is 7. The monoisotopic (exact) mass is 271 g/mol. The number of aliphatic hydroxyl groups is 1. The van der Waals surface area contributed by atoms with Crippen LogP contribution in [0.3, 0.4) is 0 Å². The lowest BCUT2D eigenvalue weighted by molar-refractivity contribution is 0.302. The SMILES string of the molecule is CCCN(CCO)c1ccc(S(=O)(=O)CC)cc1. The molecule has 1 aromatic carbocycles. The largest absolute Gasteiger partial charge is 0.395 e. The first-order valence-electron chi connectivity index (χ1n) is 6.23. The average molecular weight is 271 g/mol. The van der Waals surface area contributed by atoms with Gasteiger partial charge in [-0.2, -0.15) is 0 Å². The quantitative estimate of drug-likeness (QED) is 0.820. The second-order valence-corrected chi connectivity index (χ2v) is 6.39. The highest BCUT2D eigenvalue weighted by molar-refractivity contribution is 7.91. The molecule has 0 spiro atoms. The summed E-state index contributed by atoms with van der Waals surface area (Å²) in [7, 11) is -3.13. The maximum absolute atomic E-state index is 11.7. The Hall–Kier alpha value is -1.07. The van der Waals surface area contributed by atoms with Crippen molar-refractivity contribution in [3.63, 3.8) is 0 Å². The molecule has 0 aromatic heterocycles. The molecule has 1 aromatic rings. The van der Waals surface area contributed by atoms with Crippen LogP contribution in [0, 0.1) is 0 Å². The number of hydrogen-bond donors (Lipinski definition) is 1. The second kappa shape index (κ2) is 6.75. The van der Waals surface area contributed by atoms with Crippen LogP contribution in [0.15, 0.2) is 29.2 Å². The lowest BCUT2D eigenvalue weighted by atomic mass is 10.2. The summed E-state index contributed by atoms with van der Waals surface area (Å²) < 4.78 is 23.4. The minimum atomic E-state index is -3.13. The summed E-state index contributed by atoms with van der Waals surface area (Å²) in [6.45, 7) is 5.21. The zero-order chi connectivity index (χ0) is 13.6. The summed E-state index contributed by atoms with van der Waals surface area (Å²) in [5.74, 6) is 0.113. The van der Waals surface area contributed by atoms with Crippen LogP contribution in [0.1, 0.15) is 20.3 Å². The van der Waals surface area contributed by atoms with Gasteiger partial charge in [0.1, 0.15) is 0 Å². The number of aliphatic hydroxyl groups excluding tert-OH is 1. The molecule has 0 fully saturated rings. The molecule has 0 saturated carbocycles. The molecule has 4 nitrogen and oxygen atoms in total. The van der Waals surface area contributed by atoms with Crippen LogP contribution in [-0.4, -0.2) is 39.0 Å². The second-order valence-electron chi connectivity index (χ2n) is 4.11. The number of nitrogens with zero attached hydrogens (tertiary/aromatic N) is 1. The highest BCUT2D eigenvalue weighted by Gasteiger charge is 2.12. The molecule has 0 bridgehead atoms. The molecule has 1 N–H and O–H groups in total. The van der Waals surface area contributed by atoms with E-state index in [1.54, 1.807) is 31.2 Å². The van der Waals surface area contributed by atoms with Crippen LogP contribution in [-0.2, 0) is 9.84 Å². The van der Waals surface area contributed by atoms with Crippen molar-refractivity contribution in [3.8, 4) is 0 Å². The van der Waals surface area contributed by atoms with Gasteiger partial charge in [0.15, 0.2) is 9.84 Å². The van der Waals surface area contributed by atoms with E-state index in [2.05, 4.69) is 6.92 Å². The highest BCUT2D eigenvalue weighted by atomic mass is 32.2. The number of anilines is 1. The summed E-state index contributed by atoms with van der Waals surface area (Å²) in [4.78, 5) is 2.40. The van der Waals surface area contributed by atoms with Crippen LogP contribution >= 0.6 is 0 Å². The first kappa shape index (κ1) is 15.0. The predicted octanol–water partition coefficient (Wildman–Crippen LogP) is 1.69. The minimum absolute atomic E-state index is 0.0923. The van der Waals surface area contributed by atoms with E-state index in [1.165, 1.54) is 0 Å². The van der Waals surface area contributed by atoms with E-state index in [4.69, 9.17) is 5.11 Å². The Balaban J connectivity index is 2.93. The molecule has 0 unspecified atom stereocenters. The first-order valence-corrected chi connectivity index (χ1v) is 7.89. The van der Waals surface area contributed by atoms with E-state index in [1.807, 2.05) is 4.90 Å². The first-order chi connectivity index (χ1) is 8.55. The van der Waals surface area contributed by atoms with Gasteiger partial charge in [0.05, 0.1) is 17.3 Å². The van der Waals surface area contributed by atoms with Crippen LogP contribution < -0.4 is 4.90 Å². The molecule has 0 saturated heterocycles. The maximum atomic E-state index is 11.7. The van der Waals surface area contributed by atoms with E-state index < -0.39 is 9.84 Å². The maximum Gasteiger partial charge on any atom is 0.178 e. The Bertz CT molecular complexity index is 448. The van der Waals surface area contributed by atoms with Crippen molar-refractivity contribution in [3.05, 3.63) is 24.3 Å². The minimum Gasteiger partial charge on any atom is -0.395 e. The van der Waals surface area contributed by atoms with Crippen molar-refractivity contribution >= 4 is 15.5 Å². The Labute approximate surface area is 109 Å². The van der Waals surface area contributed by atoms with Crippen molar-refractivity contribution in [2.24, 2.45) is 0 Å². The molecule has 0 aliphatic rings. The summed E-state index contributed by atoms with van der Waals surface area (Å²) in [5.41, 5.74) is 0.945. The van der Waals surface area contributed by atoms with Gasteiger partial charge in [-0.1, -0.05) is 13.8 Å². The smallest absolute Gasteiger partial charge is 0.178 e. The van der Waals surface area contributed by atoms with E-state index in [-0.39, 0.29) is 12.4 Å². The summed E-state index contributed by atoms with van der Waals surface area (Å²) >= 11 is 0. The average Bonchev–Trinajstić information content (AvgIpc) is 2.39. The Morgan fingerprint density at radius 3 is 2.17 bits per heavy atom. The van der Waals surface area contributed by atoms with E-state index in [0.717, 1.165) is 18.7 Å². The van der Waals surface area contributed by atoms with Gasteiger partial charge < -0.3 is 10.0 Å². The van der Waals surface area contributed by atoms with Crippen LogP contribution in [0.4, 0.5) is 5.69 Å². The number of benzene rings is 1. The normalized spacial score (nSPS) is 11.5. The Morgan fingerprint density at radius 2 is 1.72 bits per heavy atom. The summed E-state index contributed by atoms with van der Waals surface area (Å²) in [6.07, 6.45) is 0.981. The topological polar surface area (TPSA) is 57.6 Å². The van der Waals surface area contributed by atoms with Crippen LogP contribution in [0.5, 0.6) is 0 Å². The summed E-state index contributed by atoms with van der Waals surface area (Å²) in [6, 6.07) is 6.87. The molecule has 18 heavy (non-hydrogen) atoms. The fraction of sp³-hybridized carbons (Fsp3) is 0.538.